The highest BCUT2D eigenvalue weighted by Gasteiger charge is 2.25. The summed E-state index contributed by atoms with van der Waals surface area (Å²) in [6.45, 7) is 9.40. The van der Waals surface area contributed by atoms with Gasteiger partial charge in [-0.3, -0.25) is 0 Å². The first-order chi connectivity index (χ1) is 8.99. The van der Waals surface area contributed by atoms with Crippen LogP contribution in [-0.2, 0) is 29.5 Å². The second kappa shape index (κ2) is 7.19. The minimum absolute atomic E-state index is 0.213. The van der Waals surface area contributed by atoms with E-state index in [0.29, 0.717) is 5.41 Å². The lowest BCUT2D eigenvalue weighted by atomic mass is 10.3. The second-order valence-corrected chi connectivity index (χ2v) is 10.3. The maximum absolute atomic E-state index is 11.8. The van der Waals surface area contributed by atoms with Crippen molar-refractivity contribution >= 4 is 29.5 Å². The van der Waals surface area contributed by atoms with Crippen LogP contribution in [0.2, 0.25) is 0 Å². The van der Waals surface area contributed by atoms with Crippen molar-refractivity contribution in [2.45, 2.75) is 18.1 Å². The van der Waals surface area contributed by atoms with Gasteiger partial charge in [0.25, 0.3) is 0 Å². The van der Waals surface area contributed by atoms with Crippen molar-refractivity contribution in [1.29, 1.82) is 0 Å². The van der Waals surface area contributed by atoms with Gasteiger partial charge in [-0.05, 0) is 12.8 Å². The van der Waals surface area contributed by atoms with Crippen molar-refractivity contribution in [2.75, 3.05) is 11.5 Å². The van der Waals surface area contributed by atoms with Crippen LogP contribution in [0.1, 0.15) is 12.8 Å². The first kappa shape index (κ1) is 19.1. The van der Waals surface area contributed by atoms with E-state index >= 15 is 0 Å². The average molecular weight is 342 g/mol. The molecule has 0 heterocycles. The molecule has 0 aliphatic rings. The second-order valence-electron chi connectivity index (χ2n) is 4.02. The highest BCUT2D eigenvalue weighted by Crippen LogP contribution is 2.16. The summed E-state index contributed by atoms with van der Waals surface area (Å²) in [6, 6.07) is 0. The molecular formula is C11H18O6S3. The average Bonchev–Trinajstić information content (AvgIpc) is 2.38. The fraction of sp³-hybridized carbons (Fsp3) is 0.455. The van der Waals surface area contributed by atoms with Crippen LogP contribution in [0.15, 0.2) is 36.0 Å². The molecule has 9 heteroatoms. The SMILES string of the molecule is C=CS(=O)(=O)CCC(CCS(=O)(=O)C=C)S(=O)(=O)C=C. The predicted octanol–water partition coefficient (Wildman–Crippen LogP) is 0.810. The van der Waals surface area contributed by atoms with E-state index in [4.69, 9.17) is 0 Å². The van der Waals surface area contributed by atoms with E-state index in [-0.39, 0.29) is 12.8 Å². The molecule has 0 N–H and O–H groups in total. The summed E-state index contributed by atoms with van der Waals surface area (Å²) in [4.78, 5) is 0. The van der Waals surface area contributed by atoms with Crippen molar-refractivity contribution in [3.63, 3.8) is 0 Å². The Balaban J connectivity index is 5.08. The summed E-state index contributed by atoms with van der Waals surface area (Å²) < 4.78 is 68.7. The molecule has 0 saturated carbocycles. The highest BCUT2D eigenvalue weighted by atomic mass is 32.2. The summed E-state index contributed by atoms with van der Waals surface area (Å²) in [5.41, 5.74) is 0. The van der Waals surface area contributed by atoms with Gasteiger partial charge in [0.05, 0.1) is 16.8 Å². The molecule has 0 fully saturated rings. The van der Waals surface area contributed by atoms with Gasteiger partial charge in [-0.15, -0.1) is 0 Å². The van der Waals surface area contributed by atoms with E-state index in [0.717, 1.165) is 10.8 Å². The molecule has 0 unspecified atom stereocenters. The summed E-state index contributed by atoms with van der Waals surface area (Å²) in [5.74, 6) is -0.829. The lowest BCUT2D eigenvalue weighted by Gasteiger charge is -2.14. The fourth-order valence-electron chi connectivity index (χ4n) is 1.37. The van der Waals surface area contributed by atoms with Crippen molar-refractivity contribution in [3.8, 4) is 0 Å². The zero-order valence-corrected chi connectivity index (χ0v) is 13.4. The fourth-order valence-corrected chi connectivity index (χ4v) is 4.39. The molecule has 116 valence electrons. The first-order valence-corrected chi connectivity index (χ1v) is 10.6. The Bertz CT molecular complexity index is 626. The molecular weight excluding hydrogens is 324 g/mol. The minimum atomic E-state index is -3.76. The Hall–Kier alpha value is -0.930. The van der Waals surface area contributed by atoms with Gasteiger partial charge in [-0.2, -0.15) is 0 Å². The van der Waals surface area contributed by atoms with E-state index < -0.39 is 46.3 Å². The van der Waals surface area contributed by atoms with E-state index in [2.05, 4.69) is 19.7 Å². The topological polar surface area (TPSA) is 102 Å². The van der Waals surface area contributed by atoms with E-state index in [1.165, 1.54) is 0 Å². The molecule has 0 bridgehead atoms. The first-order valence-electron chi connectivity index (χ1n) is 5.56. The zero-order chi connectivity index (χ0) is 16.0. The molecule has 0 rings (SSSR count). The third-order valence-electron chi connectivity index (χ3n) is 2.65. The lowest BCUT2D eigenvalue weighted by Crippen LogP contribution is -2.25. The Morgan fingerprint density at radius 3 is 1.30 bits per heavy atom. The molecule has 0 aliphatic heterocycles. The van der Waals surface area contributed by atoms with Crippen LogP contribution in [0.3, 0.4) is 0 Å². The van der Waals surface area contributed by atoms with Crippen LogP contribution >= 0.6 is 0 Å². The third kappa shape index (κ3) is 6.49. The monoisotopic (exact) mass is 342 g/mol. The Labute approximate surface area is 120 Å². The predicted molar refractivity (Wildman–Crippen MR) is 80.1 cm³/mol. The Kier molecular flexibility index (Phi) is 6.85. The molecule has 0 aromatic heterocycles. The molecule has 6 nitrogen and oxygen atoms in total. The molecule has 0 spiro atoms. The van der Waals surface area contributed by atoms with Crippen LogP contribution < -0.4 is 0 Å². The van der Waals surface area contributed by atoms with E-state index in [9.17, 15) is 25.3 Å². The largest absolute Gasteiger partial charge is 0.224 e. The zero-order valence-electron chi connectivity index (χ0n) is 10.9. The molecule has 0 saturated heterocycles. The Morgan fingerprint density at radius 2 is 1.05 bits per heavy atom. The number of hydrogen-bond acceptors (Lipinski definition) is 6. The van der Waals surface area contributed by atoms with Crippen LogP contribution in [0.25, 0.3) is 0 Å². The number of sulfone groups is 3. The summed E-state index contributed by atoms with van der Waals surface area (Å²) in [7, 11) is -10.8. The highest BCUT2D eigenvalue weighted by molar-refractivity contribution is 7.96. The summed E-state index contributed by atoms with van der Waals surface area (Å²) in [6.07, 6.45) is -0.426. The van der Waals surface area contributed by atoms with Crippen molar-refractivity contribution < 1.29 is 25.3 Å². The maximum atomic E-state index is 11.8. The maximum Gasteiger partial charge on any atom is 0.173 e. The van der Waals surface area contributed by atoms with Crippen LogP contribution in [0, 0.1) is 0 Å². The Morgan fingerprint density at radius 1 is 0.700 bits per heavy atom. The summed E-state index contributed by atoms with van der Waals surface area (Å²) in [5, 5.41) is 1.07. The van der Waals surface area contributed by atoms with E-state index in [1.54, 1.807) is 0 Å². The summed E-state index contributed by atoms with van der Waals surface area (Å²) >= 11 is 0. The van der Waals surface area contributed by atoms with Crippen LogP contribution in [-0.4, -0.2) is 42.0 Å². The van der Waals surface area contributed by atoms with Gasteiger partial charge in [-0.25, -0.2) is 25.3 Å². The van der Waals surface area contributed by atoms with Crippen LogP contribution in [0.4, 0.5) is 0 Å². The molecule has 0 atom stereocenters. The number of rotatable bonds is 10. The molecule has 20 heavy (non-hydrogen) atoms. The van der Waals surface area contributed by atoms with Crippen molar-refractivity contribution in [3.05, 3.63) is 36.0 Å². The van der Waals surface area contributed by atoms with Gasteiger partial charge in [0.1, 0.15) is 0 Å². The van der Waals surface area contributed by atoms with Gasteiger partial charge in [0.15, 0.2) is 29.5 Å². The molecule has 0 aliphatic carbocycles. The lowest BCUT2D eigenvalue weighted by molar-refractivity contribution is 0.573. The van der Waals surface area contributed by atoms with Gasteiger partial charge in [0, 0.05) is 16.2 Å². The molecule has 0 aromatic carbocycles. The number of hydrogen-bond donors (Lipinski definition) is 0. The van der Waals surface area contributed by atoms with Crippen molar-refractivity contribution in [2.24, 2.45) is 0 Å². The molecule has 0 amide bonds. The van der Waals surface area contributed by atoms with Gasteiger partial charge in [0.2, 0.25) is 0 Å². The molecule has 0 radical (unpaired) electrons. The molecule has 0 aromatic rings. The van der Waals surface area contributed by atoms with Gasteiger partial charge in [-0.1, -0.05) is 19.7 Å². The standard InChI is InChI=1S/C11H18O6S3/c1-4-18(12,13)9-7-11(20(16,17)6-3)8-10-19(14,15)5-2/h4-6,11H,1-3,7-10H2. The smallest absolute Gasteiger partial charge is 0.173 e. The third-order valence-corrected chi connectivity index (χ3v) is 7.14. The minimum Gasteiger partial charge on any atom is -0.224 e. The van der Waals surface area contributed by atoms with Crippen molar-refractivity contribution in [1.82, 2.24) is 0 Å². The van der Waals surface area contributed by atoms with Gasteiger partial charge >= 0.3 is 0 Å². The normalized spacial score (nSPS) is 13.1. The van der Waals surface area contributed by atoms with Gasteiger partial charge < -0.3 is 0 Å². The van der Waals surface area contributed by atoms with E-state index in [1.807, 2.05) is 0 Å². The quantitative estimate of drug-likeness (QED) is 0.582. The van der Waals surface area contributed by atoms with Crippen LogP contribution in [0.5, 0.6) is 0 Å².